The minimum atomic E-state index is -0.416. The first-order valence-electron chi connectivity index (χ1n) is 6.82. The molecule has 1 saturated heterocycles. The van der Waals surface area contributed by atoms with Gasteiger partial charge in [-0.3, -0.25) is 9.59 Å². The normalized spacial score (nSPS) is 26.3. The third-order valence-electron chi connectivity index (χ3n) is 3.71. The van der Waals surface area contributed by atoms with Crippen LogP contribution >= 0.6 is 11.8 Å². The number of nitrogens with zero attached hydrogens (tertiary/aromatic N) is 1. The molecule has 5 heteroatoms. The molecule has 0 aromatic heterocycles. The maximum atomic E-state index is 12.5. The van der Waals surface area contributed by atoms with Crippen LogP contribution in [0.25, 0.3) is 0 Å². The van der Waals surface area contributed by atoms with Crippen LogP contribution < -0.4 is 5.32 Å². The van der Waals surface area contributed by atoms with Gasteiger partial charge in [-0.1, -0.05) is 27.7 Å². The van der Waals surface area contributed by atoms with E-state index in [4.69, 9.17) is 0 Å². The van der Waals surface area contributed by atoms with Gasteiger partial charge in [0.05, 0.1) is 0 Å². The van der Waals surface area contributed by atoms with Gasteiger partial charge in [0, 0.05) is 11.8 Å². The number of hydrogen-bond acceptors (Lipinski definition) is 3. The second-order valence-corrected chi connectivity index (χ2v) is 7.63. The van der Waals surface area contributed by atoms with Gasteiger partial charge in [-0.2, -0.15) is 11.8 Å². The van der Waals surface area contributed by atoms with Crippen LogP contribution in [0.5, 0.6) is 0 Å². The van der Waals surface area contributed by atoms with E-state index in [2.05, 4.69) is 18.5 Å². The maximum absolute atomic E-state index is 12.5. The predicted octanol–water partition coefficient (Wildman–Crippen LogP) is 1.89. The van der Waals surface area contributed by atoms with E-state index in [0.717, 1.165) is 6.42 Å². The summed E-state index contributed by atoms with van der Waals surface area (Å²) in [5, 5.41) is 3.35. The first kappa shape index (κ1) is 16.3. The Morgan fingerprint density at radius 3 is 2.42 bits per heavy atom. The molecule has 1 rings (SSSR count). The quantitative estimate of drug-likeness (QED) is 0.858. The van der Waals surface area contributed by atoms with Gasteiger partial charge in [-0.25, -0.2) is 0 Å². The standard InChI is InChI=1S/C14H26N2O2S/c1-9(19-6)7-8-16-10(2)12(17)15-11(13(16)18)14(3,4)5/h9-11H,7-8H2,1-6H3,(H,15,17). The molecular weight excluding hydrogens is 260 g/mol. The first-order valence-corrected chi connectivity index (χ1v) is 8.11. The van der Waals surface area contributed by atoms with E-state index in [1.165, 1.54) is 0 Å². The van der Waals surface area contributed by atoms with E-state index in [1.807, 2.05) is 20.8 Å². The lowest BCUT2D eigenvalue weighted by Gasteiger charge is -2.42. The van der Waals surface area contributed by atoms with E-state index in [1.54, 1.807) is 23.6 Å². The molecule has 1 N–H and O–H groups in total. The van der Waals surface area contributed by atoms with Crippen LogP contribution in [0, 0.1) is 5.41 Å². The smallest absolute Gasteiger partial charge is 0.246 e. The number of nitrogens with one attached hydrogen (secondary N) is 1. The maximum Gasteiger partial charge on any atom is 0.246 e. The Kier molecular flexibility index (Phi) is 5.30. The summed E-state index contributed by atoms with van der Waals surface area (Å²) in [5.74, 6) is 0.00392. The minimum Gasteiger partial charge on any atom is -0.342 e. The summed E-state index contributed by atoms with van der Waals surface area (Å²) < 4.78 is 0. The molecule has 0 spiro atoms. The summed E-state index contributed by atoms with van der Waals surface area (Å²) in [6, 6.07) is -0.777. The molecule has 19 heavy (non-hydrogen) atoms. The zero-order valence-corrected chi connectivity index (χ0v) is 13.6. The summed E-state index contributed by atoms with van der Waals surface area (Å²) in [6.07, 6.45) is 2.98. The highest BCUT2D eigenvalue weighted by atomic mass is 32.2. The van der Waals surface area contributed by atoms with E-state index in [0.29, 0.717) is 11.8 Å². The third-order valence-corrected chi connectivity index (χ3v) is 4.75. The number of hydrogen-bond donors (Lipinski definition) is 1. The first-order chi connectivity index (χ1) is 8.68. The largest absolute Gasteiger partial charge is 0.342 e. The Hall–Kier alpha value is -0.710. The molecule has 1 aliphatic heterocycles. The second-order valence-electron chi connectivity index (χ2n) is 6.35. The molecule has 0 aromatic rings. The fourth-order valence-electron chi connectivity index (χ4n) is 2.15. The number of amides is 2. The Balaban J connectivity index is 2.82. The zero-order chi connectivity index (χ0) is 14.8. The molecule has 0 saturated carbocycles. The summed E-state index contributed by atoms with van der Waals surface area (Å²) in [7, 11) is 0. The zero-order valence-electron chi connectivity index (χ0n) is 12.8. The third kappa shape index (κ3) is 3.88. The Morgan fingerprint density at radius 2 is 1.95 bits per heavy atom. The highest BCUT2D eigenvalue weighted by Gasteiger charge is 2.43. The Bertz CT molecular complexity index is 352. The molecule has 2 amide bonds. The molecule has 0 bridgehead atoms. The predicted molar refractivity (Wildman–Crippen MR) is 80.2 cm³/mol. The molecule has 0 aromatic carbocycles. The highest BCUT2D eigenvalue weighted by Crippen LogP contribution is 2.25. The number of thioether (sulfide) groups is 1. The van der Waals surface area contributed by atoms with Crippen molar-refractivity contribution in [1.82, 2.24) is 10.2 Å². The molecule has 3 atom stereocenters. The van der Waals surface area contributed by atoms with Crippen molar-refractivity contribution in [2.24, 2.45) is 5.41 Å². The average Bonchev–Trinajstić information content (AvgIpc) is 2.31. The van der Waals surface area contributed by atoms with E-state index in [-0.39, 0.29) is 23.3 Å². The fourth-order valence-corrected chi connectivity index (χ4v) is 2.49. The van der Waals surface area contributed by atoms with Gasteiger partial charge in [-0.15, -0.1) is 0 Å². The van der Waals surface area contributed by atoms with Crippen molar-refractivity contribution in [3.63, 3.8) is 0 Å². The lowest BCUT2D eigenvalue weighted by molar-refractivity contribution is -0.151. The number of carbonyl (C=O) groups excluding carboxylic acids is 2. The van der Waals surface area contributed by atoms with Crippen molar-refractivity contribution >= 4 is 23.6 Å². The second kappa shape index (κ2) is 6.16. The van der Waals surface area contributed by atoms with Crippen molar-refractivity contribution in [1.29, 1.82) is 0 Å². The molecule has 110 valence electrons. The van der Waals surface area contributed by atoms with Crippen molar-refractivity contribution in [3.8, 4) is 0 Å². The highest BCUT2D eigenvalue weighted by molar-refractivity contribution is 7.99. The van der Waals surface area contributed by atoms with Crippen LogP contribution in [-0.4, -0.2) is 46.8 Å². The number of piperazine rings is 1. The van der Waals surface area contributed by atoms with Gasteiger partial charge >= 0.3 is 0 Å². The number of carbonyl (C=O) groups is 2. The molecule has 1 heterocycles. The van der Waals surface area contributed by atoms with Crippen LogP contribution in [0.4, 0.5) is 0 Å². The molecule has 0 aliphatic carbocycles. The summed E-state index contributed by atoms with van der Waals surface area (Å²) in [5.41, 5.74) is -0.254. The van der Waals surface area contributed by atoms with Crippen molar-refractivity contribution in [3.05, 3.63) is 0 Å². The molecule has 4 nitrogen and oxygen atoms in total. The van der Waals surface area contributed by atoms with Crippen LogP contribution in [-0.2, 0) is 9.59 Å². The molecule has 1 fully saturated rings. The van der Waals surface area contributed by atoms with Crippen molar-refractivity contribution in [2.45, 2.75) is 58.4 Å². The van der Waals surface area contributed by atoms with Gasteiger partial charge in [-0.05, 0) is 25.0 Å². The van der Waals surface area contributed by atoms with Gasteiger partial charge in [0.2, 0.25) is 11.8 Å². The molecule has 0 radical (unpaired) electrons. The van der Waals surface area contributed by atoms with Crippen LogP contribution in [0.1, 0.15) is 41.0 Å². The van der Waals surface area contributed by atoms with Crippen molar-refractivity contribution in [2.75, 3.05) is 12.8 Å². The van der Waals surface area contributed by atoms with E-state index < -0.39 is 6.04 Å². The Morgan fingerprint density at radius 1 is 1.37 bits per heavy atom. The van der Waals surface area contributed by atoms with E-state index in [9.17, 15) is 9.59 Å². The average molecular weight is 286 g/mol. The van der Waals surface area contributed by atoms with Gasteiger partial charge in [0.15, 0.2) is 0 Å². The SMILES string of the molecule is CSC(C)CCN1C(=O)C(C(C)(C)C)NC(=O)C1C. The lowest BCUT2D eigenvalue weighted by atomic mass is 9.84. The lowest BCUT2D eigenvalue weighted by Crippen LogP contribution is -2.65. The monoisotopic (exact) mass is 286 g/mol. The number of rotatable bonds is 4. The van der Waals surface area contributed by atoms with Gasteiger partial charge < -0.3 is 10.2 Å². The summed E-state index contributed by atoms with van der Waals surface area (Å²) in [4.78, 5) is 26.3. The van der Waals surface area contributed by atoms with Crippen LogP contribution in [0.3, 0.4) is 0 Å². The van der Waals surface area contributed by atoms with Crippen molar-refractivity contribution < 1.29 is 9.59 Å². The minimum absolute atomic E-state index is 0.0451. The van der Waals surface area contributed by atoms with Gasteiger partial charge in [0.25, 0.3) is 0 Å². The Labute approximate surface area is 120 Å². The van der Waals surface area contributed by atoms with Crippen LogP contribution in [0.15, 0.2) is 0 Å². The van der Waals surface area contributed by atoms with Crippen LogP contribution in [0.2, 0.25) is 0 Å². The summed E-state index contributed by atoms with van der Waals surface area (Å²) in [6.45, 7) is 10.5. The summed E-state index contributed by atoms with van der Waals surface area (Å²) >= 11 is 1.78. The molecule has 1 aliphatic rings. The fraction of sp³-hybridized carbons (Fsp3) is 0.857. The molecular formula is C14H26N2O2S. The van der Waals surface area contributed by atoms with E-state index >= 15 is 0 Å². The van der Waals surface area contributed by atoms with Gasteiger partial charge in [0.1, 0.15) is 12.1 Å². The molecule has 3 unspecified atom stereocenters. The topological polar surface area (TPSA) is 49.4 Å².